The molecule has 2 unspecified atom stereocenters. The van der Waals surface area contributed by atoms with Crippen molar-refractivity contribution in [2.75, 3.05) is 18.5 Å². The zero-order valence-electron chi connectivity index (χ0n) is 27.0. The molecule has 1 aliphatic carbocycles. The minimum Gasteiger partial charge on any atom is -0.491 e. The van der Waals surface area contributed by atoms with Gasteiger partial charge < -0.3 is 30.7 Å². The minimum absolute atomic E-state index is 0.0485. The van der Waals surface area contributed by atoms with Crippen LogP contribution < -0.4 is 25.2 Å². The third-order valence-corrected chi connectivity index (χ3v) is 10.2. The average Bonchev–Trinajstić information content (AvgIpc) is 2.98. The van der Waals surface area contributed by atoms with Crippen LogP contribution in [-0.4, -0.2) is 75.3 Å². The molecule has 3 aromatic rings. The molecule has 2 aliphatic rings. The first-order valence-electron chi connectivity index (χ1n) is 15.3. The summed E-state index contributed by atoms with van der Waals surface area (Å²) in [5.74, 6) is 0.679. The van der Waals surface area contributed by atoms with Crippen LogP contribution in [0, 0.1) is 0 Å². The van der Waals surface area contributed by atoms with Crippen molar-refractivity contribution in [2.45, 2.75) is 86.0 Å². The van der Waals surface area contributed by atoms with Gasteiger partial charge in [-0.2, -0.15) is 17.9 Å². The second-order valence-corrected chi connectivity index (χ2v) is 16.1. The first kappa shape index (κ1) is 38.5. The molecule has 8 N–H and O–H groups in total. The molecular formula is C32H41F3N4O8S2. The zero-order valence-corrected chi connectivity index (χ0v) is 28.7. The lowest BCUT2D eigenvalue weighted by Crippen LogP contribution is -2.46. The van der Waals surface area contributed by atoms with Gasteiger partial charge in [0.2, 0.25) is 20.0 Å². The molecule has 1 aliphatic heterocycles. The zero-order chi connectivity index (χ0) is 36.4. The van der Waals surface area contributed by atoms with Crippen LogP contribution in [-0.2, 0) is 45.5 Å². The highest BCUT2D eigenvalue weighted by molar-refractivity contribution is 7.90. The number of fused-ring (bicyclic) bond motifs is 2. The lowest BCUT2D eigenvalue weighted by Gasteiger charge is -2.29. The van der Waals surface area contributed by atoms with Crippen LogP contribution in [0.2, 0.25) is 0 Å². The Labute approximate surface area is 283 Å². The first-order chi connectivity index (χ1) is 22.6. The number of aliphatic hydroxyl groups excluding tert-OH is 3. The molecule has 0 bridgehead atoms. The fraction of sp³-hybridized carbons (Fsp3) is 0.438. The van der Waals surface area contributed by atoms with Gasteiger partial charge in [-0.1, -0.05) is 42.5 Å². The summed E-state index contributed by atoms with van der Waals surface area (Å²) in [6.07, 6.45) is -7.06. The van der Waals surface area contributed by atoms with E-state index < -0.39 is 66.1 Å². The summed E-state index contributed by atoms with van der Waals surface area (Å²) < 4.78 is 95.8. The van der Waals surface area contributed by atoms with Gasteiger partial charge in [-0.3, -0.25) is 0 Å². The summed E-state index contributed by atoms with van der Waals surface area (Å²) in [4.78, 5) is -1.92. The molecular weight excluding hydrogens is 689 g/mol. The summed E-state index contributed by atoms with van der Waals surface area (Å²) in [6, 6.07) is 15.2. The molecule has 270 valence electrons. The van der Waals surface area contributed by atoms with E-state index in [0.29, 0.717) is 37.3 Å². The van der Waals surface area contributed by atoms with Gasteiger partial charge in [-0.05, 0) is 50.1 Å². The van der Waals surface area contributed by atoms with Crippen LogP contribution in [0.4, 0.5) is 18.9 Å². The van der Waals surface area contributed by atoms with Gasteiger partial charge in [0.1, 0.15) is 23.4 Å². The fourth-order valence-electron chi connectivity index (χ4n) is 5.31. The number of nitrogens with one attached hydrogen (secondary N) is 3. The van der Waals surface area contributed by atoms with Gasteiger partial charge in [0.15, 0.2) is 0 Å². The lowest BCUT2D eigenvalue weighted by molar-refractivity contribution is -0.139. The van der Waals surface area contributed by atoms with E-state index >= 15 is 0 Å². The largest absolute Gasteiger partial charge is 0.491 e. The van der Waals surface area contributed by atoms with Crippen molar-refractivity contribution in [1.82, 2.24) is 10.0 Å². The highest BCUT2D eigenvalue weighted by atomic mass is 32.2. The van der Waals surface area contributed by atoms with Crippen molar-refractivity contribution in [3.05, 3.63) is 82.9 Å². The van der Waals surface area contributed by atoms with E-state index in [2.05, 4.69) is 15.4 Å². The highest BCUT2D eigenvalue weighted by Gasteiger charge is 2.40. The molecule has 17 heteroatoms. The molecule has 0 radical (unpaired) electrons. The van der Waals surface area contributed by atoms with Gasteiger partial charge in [0.05, 0.1) is 34.5 Å². The fourth-order valence-corrected chi connectivity index (χ4v) is 7.47. The summed E-state index contributed by atoms with van der Waals surface area (Å²) >= 11 is 0. The van der Waals surface area contributed by atoms with Crippen molar-refractivity contribution in [3.63, 3.8) is 0 Å². The Morgan fingerprint density at radius 3 is 2.29 bits per heavy atom. The van der Waals surface area contributed by atoms with Crippen LogP contribution in [0.15, 0.2) is 70.5 Å². The molecule has 49 heavy (non-hydrogen) atoms. The topological polar surface area (TPSA) is 200 Å². The van der Waals surface area contributed by atoms with Gasteiger partial charge in [-0.25, -0.2) is 22.0 Å². The van der Waals surface area contributed by atoms with E-state index in [1.54, 1.807) is 30.3 Å². The second kappa shape index (κ2) is 14.9. The molecule has 0 spiro atoms. The third-order valence-electron chi connectivity index (χ3n) is 7.71. The summed E-state index contributed by atoms with van der Waals surface area (Å²) in [5, 5.41) is 40.3. The Kier molecular flexibility index (Phi) is 11.7. The van der Waals surface area contributed by atoms with E-state index in [4.69, 9.17) is 9.88 Å². The van der Waals surface area contributed by atoms with Crippen LogP contribution in [0.1, 0.15) is 43.0 Å². The van der Waals surface area contributed by atoms with Gasteiger partial charge >= 0.3 is 6.18 Å². The number of sulfonamides is 2. The Bertz CT molecular complexity index is 1840. The highest BCUT2D eigenvalue weighted by Crippen LogP contribution is 2.39. The molecule has 3 aromatic carbocycles. The third kappa shape index (κ3) is 10.4. The second-order valence-electron chi connectivity index (χ2n) is 12.9. The number of benzene rings is 3. The summed E-state index contributed by atoms with van der Waals surface area (Å²) in [6.45, 7) is 6.78. The predicted octanol–water partition coefficient (Wildman–Crippen LogP) is 2.26. The number of halogens is 3. The predicted molar refractivity (Wildman–Crippen MR) is 176 cm³/mol. The molecule has 12 nitrogen and oxygen atoms in total. The van der Waals surface area contributed by atoms with E-state index in [-0.39, 0.29) is 24.3 Å². The molecule has 0 fully saturated rings. The molecule has 5 rings (SSSR count). The quantitative estimate of drug-likeness (QED) is 0.180. The molecule has 4 atom stereocenters. The number of β-amino-alcohol motifs (C(OH)–C–C–N with tert-alkyl or cyclic N) is 1. The van der Waals surface area contributed by atoms with Crippen molar-refractivity contribution < 1.29 is 50.1 Å². The van der Waals surface area contributed by atoms with E-state index in [1.807, 2.05) is 39.0 Å². The number of primary sulfonamides is 1. The number of ether oxygens (including phenoxy) is 1. The van der Waals surface area contributed by atoms with Gasteiger partial charge in [0, 0.05) is 36.9 Å². The number of anilines is 1. The normalized spacial score (nSPS) is 20.9. The number of nitrogens with two attached hydrogens (primary N) is 1. The molecule has 0 saturated carbocycles. The number of alkyl halides is 3. The standard InChI is InChI=1S/C17H27NO4.C15H14F3N3O4S2/c1-17(2,3)18-9-12(19)10-22-16-6-4-5-11-7-14(20)15(21)8-13(11)16;16-15(17,18)10-7-11-13(8-12(10)26(19,22)23)27(24,25)21-14(20-11)6-9-4-2-1-3-5-9/h4-6,12,14-15,18-21H,7-10H2,1-3H3;1-5,7-8,14,20-21H,6H2,(H2,19,22,23)/t12?,14-,15+;/m1./s1. The number of hydrogen-bond acceptors (Lipinski definition) is 10. The lowest BCUT2D eigenvalue weighted by atomic mass is 9.87. The Morgan fingerprint density at radius 1 is 1.02 bits per heavy atom. The molecule has 0 aromatic heterocycles. The maximum atomic E-state index is 13.3. The first-order valence-corrected chi connectivity index (χ1v) is 18.3. The number of aliphatic hydroxyl groups is 3. The van der Waals surface area contributed by atoms with Crippen molar-refractivity contribution in [1.29, 1.82) is 0 Å². The van der Waals surface area contributed by atoms with Crippen LogP contribution in [0.25, 0.3) is 0 Å². The van der Waals surface area contributed by atoms with Crippen LogP contribution >= 0.6 is 0 Å². The van der Waals surface area contributed by atoms with E-state index in [1.165, 1.54) is 0 Å². The summed E-state index contributed by atoms with van der Waals surface area (Å²) in [5.41, 5.74) is 0.737. The van der Waals surface area contributed by atoms with E-state index in [0.717, 1.165) is 16.7 Å². The SMILES string of the molecule is CC(C)(C)NCC(O)COc1cccc2c1C[C@H](O)[C@H](O)C2.NS(=O)(=O)c1cc2c(cc1C(F)(F)F)NC(Cc1ccccc1)NS2(=O)=O. The van der Waals surface area contributed by atoms with Crippen LogP contribution in [0.5, 0.6) is 5.75 Å². The monoisotopic (exact) mass is 730 g/mol. The maximum absolute atomic E-state index is 13.3. The molecule has 0 amide bonds. The van der Waals surface area contributed by atoms with Crippen molar-refractivity contribution in [3.8, 4) is 5.75 Å². The van der Waals surface area contributed by atoms with Crippen molar-refractivity contribution in [2.24, 2.45) is 5.14 Å². The molecule has 1 heterocycles. The average molecular weight is 731 g/mol. The Balaban J connectivity index is 0.000000226. The summed E-state index contributed by atoms with van der Waals surface area (Å²) in [7, 11) is -9.06. The van der Waals surface area contributed by atoms with Crippen LogP contribution in [0.3, 0.4) is 0 Å². The van der Waals surface area contributed by atoms with Gasteiger partial charge in [0.25, 0.3) is 0 Å². The number of hydrogen-bond donors (Lipinski definition) is 7. The van der Waals surface area contributed by atoms with Crippen molar-refractivity contribution >= 4 is 25.7 Å². The van der Waals surface area contributed by atoms with E-state index in [9.17, 15) is 45.3 Å². The van der Waals surface area contributed by atoms with Gasteiger partial charge in [-0.15, -0.1) is 0 Å². The molecule has 0 saturated heterocycles. The number of rotatable bonds is 8. The smallest absolute Gasteiger partial charge is 0.417 e. The Hall–Kier alpha value is -3.29. The minimum atomic E-state index is -5.04. The maximum Gasteiger partial charge on any atom is 0.417 e. The Morgan fingerprint density at radius 2 is 1.67 bits per heavy atom.